The number of carbonyl (C=O) groups is 2. The van der Waals surface area contributed by atoms with Crippen LogP contribution in [0.4, 0.5) is 0 Å². The predicted molar refractivity (Wildman–Crippen MR) is 64.1 cm³/mol. The third-order valence-electron chi connectivity index (χ3n) is 2.75. The number of carboxylic acid groups (broad SMARTS) is 1. The summed E-state index contributed by atoms with van der Waals surface area (Å²) >= 11 is 0. The van der Waals surface area contributed by atoms with Gasteiger partial charge in [0.25, 0.3) is 0 Å². The predicted octanol–water partition coefficient (Wildman–Crippen LogP) is 0.529. The van der Waals surface area contributed by atoms with Crippen LogP contribution in [-0.4, -0.2) is 38.5 Å². The Kier molecular flexibility index (Phi) is 5.29. The minimum Gasteiger partial charge on any atom is -0.476 e. The lowest BCUT2D eigenvalue weighted by Crippen LogP contribution is -2.32. The Morgan fingerprint density at radius 2 is 2.11 bits per heavy atom. The van der Waals surface area contributed by atoms with E-state index in [1.165, 1.54) is 10.9 Å². The molecule has 2 N–H and O–H groups in total. The Balaban J connectivity index is 2.37. The quantitative estimate of drug-likeness (QED) is 0.739. The van der Waals surface area contributed by atoms with Crippen molar-refractivity contribution < 1.29 is 14.7 Å². The zero-order chi connectivity index (χ0) is 13.5. The number of aromatic nitrogens is 3. The van der Waals surface area contributed by atoms with Crippen LogP contribution in [-0.2, 0) is 11.3 Å². The Morgan fingerprint density at radius 1 is 1.44 bits per heavy atom. The number of aromatic carboxylic acids is 1. The second-order valence-corrected chi connectivity index (χ2v) is 3.98. The van der Waals surface area contributed by atoms with E-state index in [1.54, 1.807) is 0 Å². The Labute approximate surface area is 105 Å². The van der Waals surface area contributed by atoms with Crippen LogP contribution in [0.3, 0.4) is 0 Å². The first-order valence-corrected chi connectivity index (χ1v) is 5.99. The van der Waals surface area contributed by atoms with E-state index in [2.05, 4.69) is 15.6 Å². The Bertz CT molecular complexity index is 412. The fraction of sp³-hybridized carbons (Fsp3) is 0.636. The van der Waals surface area contributed by atoms with E-state index < -0.39 is 5.97 Å². The SMILES string of the molecule is CCC(CC)C(=O)NCCn1cc(C(=O)O)nn1. The summed E-state index contributed by atoms with van der Waals surface area (Å²) in [6, 6.07) is 0. The van der Waals surface area contributed by atoms with Crippen LogP contribution < -0.4 is 5.32 Å². The van der Waals surface area contributed by atoms with Crippen molar-refractivity contribution >= 4 is 11.9 Å². The van der Waals surface area contributed by atoms with Crippen LogP contribution in [0.1, 0.15) is 37.2 Å². The molecule has 7 heteroatoms. The van der Waals surface area contributed by atoms with Gasteiger partial charge in [0.05, 0.1) is 12.7 Å². The fourth-order valence-corrected chi connectivity index (χ4v) is 1.60. The van der Waals surface area contributed by atoms with Crippen LogP contribution in [0.5, 0.6) is 0 Å². The molecule has 0 saturated heterocycles. The van der Waals surface area contributed by atoms with E-state index in [0.717, 1.165) is 12.8 Å². The highest BCUT2D eigenvalue weighted by Crippen LogP contribution is 2.06. The van der Waals surface area contributed by atoms with Gasteiger partial charge in [-0.25, -0.2) is 9.48 Å². The standard InChI is InChI=1S/C11H18N4O3/c1-3-8(4-2)10(16)12-5-6-15-7-9(11(17)18)13-14-15/h7-8H,3-6H2,1-2H3,(H,12,16)(H,17,18). The lowest BCUT2D eigenvalue weighted by Gasteiger charge is -2.12. The normalized spacial score (nSPS) is 10.6. The molecule has 0 aromatic carbocycles. The van der Waals surface area contributed by atoms with Crippen molar-refractivity contribution in [2.45, 2.75) is 33.2 Å². The number of amides is 1. The summed E-state index contributed by atoms with van der Waals surface area (Å²) in [6.07, 6.45) is 2.97. The average Bonchev–Trinajstić information content (AvgIpc) is 2.79. The highest BCUT2D eigenvalue weighted by Gasteiger charge is 2.13. The van der Waals surface area contributed by atoms with E-state index >= 15 is 0 Å². The zero-order valence-electron chi connectivity index (χ0n) is 10.6. The van der Waals surface area contributed by atoms with Crippen molar-refractivity contribution in [1.29, 1.82) is 0 Å². The maximum Gasteiger partial charge on any atom is 0.358 e. The van der Waals surface area contributed by atoms with E-state index in [1.807, 2.05) is 13.8 Å². The van der Waals surface area contributed by atoms with Crippen molar-refractivity contribution in [3.63, 3.8) is 0 Å². The van der Waals surface area contributed by atoms with E-state index in [-0.39, 0.29) is 17.5 Å². The summed E-state index contributed by atoms with van der Waals surface area (Å²) in [5.41, 5.74) is -0.0960. The molecule has 0 aliphatic heterocycles. The summed E-state index contributed by atoms with van der Waals surface area (Å²) < 4.78 is 1.40. The molecule has 0 bridgehead atoms. The minimum absolute atomic E-state index is 0.0265. The number of nitrogens with one attached hydrogen (secondary N) is 1. The number of rotatable bonds is 7. The van der Waals surface area contributed by atoms with Crippen molar-refractivity contribution in [2.75, 3.05) is 6.54 Å². The summed E-state index contributed by atoms with van der Waals surface area (Å²) in [7, 11) is 0. The number of hydrogen-bond acceptors (Lipinski definition) is 4. The molecule has 0 aliphatic carbocycles. The molecule has 0 atom stereocenters. The van der Waals surface area contributed by atoms with Crippen molar-refractivity contribution in [1.82, 2.24) is 20.3 Å². The lowest BCUT2D eigenvalue weighted by atomic mass is 10.0. The summed E-state index contributed by atoms with van der Waals surface area (Å²) in [5, 5.41) is 18.6. The van der Waals surface area contributed by atoms with E-state index in [4.69, 9.17) is 5.11 Å². The third-order valence-corrected chi connectivity index (χ3v) is 2.75. The largest absolute Gasteiger partial charge is 0.476 e. The molecule has 1 rings (SSSR count). The Morgan fingerprint density at radius 3 is 2.61 bits per heavy atom. The lowest BCUT2D eigenvalue weighted by molar-refractivity contribution is -0.125. The van der Waals surface area contributed by atoms with Gasteiger partial charge in [0.15, 0.2) is 5.69 Å². The third kappa shape index (κ3) is 3.83. The second-order valence-electron chi connectivity index (χ2n) is 3.98. The molecule has 7 nitrogen and oxygen atoms in total. The van der Waals surface area contributed by atoms with Gasteiger partial charge in [-0.05, 0) is 12.8 Å². The first-order valence-electron chi connectivity index (χ1n) is 5.99. The van der Waals surface area contributed by atoms with Gasteiger partial charge in [-0.3, -0.25) is 4.79 Å². The van der Waals surface area contributed by atoms with Crippen molar-refractivity contribution in [3.8, 4) is 0 Å². The highest BCUT2D eigenvalue weighted by molar-refractivity contribution is 5.84. The van der Waals surface area contributed by atoms with E-state index in [0.29, 0.717) is 13.1 Å². The summed E-state index contributed by atoms with van der Waals surface area (Å²) in [4.78, 5) is 22.2. The first-order chi connectivity index (χ1) is 8.58. The maximum absolute atomic E-state index is 11.7. The summed E-state index contributed by atoms with van der Waals surface area (Å²) in [5.74, 6) is -1.05. The molecule has 1 amide bonds. The molecule has 0 spiro atoms. The first kappa shape index (κ1) is 14.1. The molecule has 0 radical (unpaired) electrons. The van der Waals surface area contributed by atoms with Gasteiger partial charge < -0.3 is 10.4 Å². The van der Waals surface area contributed by atoms with Gasteiger partial charge in [-0.1, -0.05) is 19.1 Å². The van der Waals surface area contributed by atoms with Crippen LogP contribution >= 0.6 is 0 Å². The van der Waals surface area contributed by atoms with Crippen molar-refractivity contribution in [2.24, 2.45) is 5.92 Å². The topological polar surface area (TPSA) is 97.1 Å². The van der Waals surface area contributed by atoms with Gasteiger partial charge in [-0.2, -0.15) is 0 Å². The van der Waals surface area contributed by atoms with Crippen LogP contribution in [0, 0.1) is 5.92 Å². The maximum atomic E-state index is 11.7. The molecular formula is C11H18N4O3. The molecule has 0 saturated carbocycles. The summed E-state index contributed by atoms with van der Waals surface area (Å²) in [6.45, 7) is 4.78. The highest BCUT2D eigenvalue weighted by atomic mass is 16.4. The molecule has 1 aromatic heterocycles. The molecule has 0 unspecified atom stereocenters. The molecule has 18 heavy (non-hydrogen) atoms. The van der Waals surface area contributed by atoms with Crippen LogP contribution in [0.25, 0.3) is 0 Å². The van der Waals surface area contributed by atoms with Gasteiger partial charge in [0.2, 0.25) is 5.91 Å². The molecular weight excluding hydrogens is 236 g/mol. The van der Waals surface area contributed by atoms with Gasteiger partial charge in [0.1, 0.15) is 0 Å². The number of carbonyl (C=O) groups excluding carboxylic acids is 1. The van der Waals surface area contributed by atoms with Gasteiger partial charge in [-0.15, -0.1) is 5.10 Å². The number of nitrogens with zero attached hydrogens (tertiary/aromatic N) is 3. The van der Waals surface area contributed by atoms with Gasteiger partial charge in [0, 0.05) is 12.5 Å². The molecule has 1 aromatic rings. The zero-order valence-corrected chi connectivity index (χ0v) is 10.6. The number of hydrogen-bond donors (Lipinski definition) is 2. The van der Waals surface area contributed by atoms with Crippen LogP contribution in [0.2, 0.25) is 0 Å². The second kappa shape index (κ2) is 6.73. The van der Waals surface area contributed by atoms with E-state index in [9.17, 15) is 9.59 Å². The van der Waals surface area contributed by atoms with Crippen molar-refractivity contribution in [3.05, 3.63) is 11.9 Å². The smallest absolute Gasteiger partial charge is 0.358 e. The molecule has 0 aliphatic rings. The molecule has 1 heterocycles. The van der Waals surface area contributed by atoms with Gasteiger partial charge >= 0.3 is 5.97 Å². The molecule has 100 valence electrons. The number of carboxylic acids is 1. The Hall–Kier alpha value is -1.92. The average molecular weight is 254 g/mol. The molecule has 0 fully saturated rings. The van der Waals surface area contributed by atoms with Crippen LogP contribution in [0.15, 0.2) is 6.20 Å². The monoisotopic (exact) mass is 254 g/mol. The fourth-order valence-electron chi connectivity index (χ4n) is 1.60. The minimum atomic E-state index is -1.11.